The van der Waals surface area contributed by atoms with Gasteiger partial charge in [0.25, 0.3) is 0 Å². The molecule has 4 rings (SSSR count). The van der Waals surface area contributed by atoms with Crippen molar-refractivity contribution >= 4 is 32.8 Å². The fourth-order valence-corrected chi connectivity index (χ4v) is 6.51. The number of rotatable bonds is 6. The van der Waals surface area contributed by atoms with Crippen LogP contribution in [0.25, 0.3) is 0 Å². The zero-order chi connectivity index (χ0) is 22.2. The first-order chi connectivity index (χ1) is 14.8. The summed E-state index contributed by atoms with van der Waals surface area (Å²) in [6.07, 6.45) is 0.269. The van der Waals surface area contributed by atoms with Crippen LogP contribution in [0.4, 0.5) is 5.69 Å². The quantitative estimate of drug-likeness (QED) is 0.540. The minimum Gasteiger partial charge on any atom is -0.493 e. The number of aryl methyl sites for hydroxylation is 1. The van der Waals surface area contributed by atoms with Gasteiger partial charge in [0, 0.05) is 22.6 Å². The standard InChI is InChI=1S/C24H25NO4S2/c1-15(2)13-29-18-6-4-5-17(11-18)20-12-22(26)25-23-21(14-30-24(20)23)31(27,28)19-9-7-16(3)8-10-19/h4-11,14-15,20H,12-13H2,1-3H3,(H,25,26)/t20-/m0/s1. The lowest BCUT2D eigenvalue weighted by atomic mass is 9.90. The highest BCUT2D eigenvalue weighted by atomic mass is 32.2. The first kappa shape index (κ1) is 21.6. The van der Waals surface area contributed by atoms with Gasteiger partial charge in [-0.25, -0.2) is 8.42 Å². The lowest BCUT2D eigenvalue weighted by Gasteiger charge is -2.24. The summed E-state index contributed by atoms with van der Waals surface area (Å²) < 4.78 is 32.4. The average Bonchev–Trinajstić information content (AvgIpc) is 3.16. The van der Waals surface area contributed by atoms with Crippen molar-refractivity contribution in [1.29, 1.82) is 0 Å². The monoisotopic (exact) mass is 455 g/mol. The van der Waals surface area contributed by atoms with Gasteiger partial charge in [-0.05, 0) is 42.7 Å². The van der Waals surface area contributed by atoms with Crippen LogP contribution in [0.5, 0.6) is 5.75 Å². The van der Waals surface area contributed by atoms with Gasteiger partial charge < -0.3 is 10.1 Å². The average molecular weight is 456 g/mol. The summed E-state index contributed by atoms with van der Waals surface area (Å²) in [5.41, 5.74) is 2.33. The molecule has 0 radical (unpaired) electrons. The molecule has 0 saturated heterocycles. The second kappa shape index (κ2) is 8.48. The van der Waals surface area contributed by atoms with E-state index < -0.39 is 9.84 Å². The van der Waals surface area contributed by atoms with E-state index in [1.165, 1.54) is 11.3 Å². The van der Waals surface area contributed by atoms with Gasteiger partial charge in [-0.3, -0.25) is 4.79 Å². The van der Waals surface area contributed by atoms with Crippen molar-refractivity contribution < 1.29 is 17.9 Å². The summed E-state index contributed by atoms with van der Waals surface area (Å²) in [4.78, 5) is 13.8. The number of sulfone groups is 1. The highest BCUT2D eigenvalue weighted by Crippen LogP contribution is 2.46. The third kappa shape index (κ3) is 4.38. The molecule has 3 aromatic rings. The molecule has 1 amide bonds. The molecule has 0 spiro atoms. The van der Waals surface area contributed by atoms with Crippen molar-refractivity contribution in [1.82, 2.24) is 0 Å². The predicted molar refractivity (Wildman–Crippen MR) is 123 cm³/mol. The first-order valence-corrected chi connectivity index (χ1v) is 12.6. The van der Waals surface area contributed by atoms with Crippen LogP contribution in [-0.4, -0.2) is 20.9 Å². The number of carbonyl (C=O) groups is 1. The Morgan fingerprint density at radius 2 is 1.90 bits per heavy atom. The van der Waals surface area contributed by atoms with Gasteiger partial charge in [-0.1, -0.05) is 43.7 Å². The molecule has 1 aliphatic heterocycles. The number of thiophene rings is 1. The smallest absolute Gasteiger partial charge is 0.225 e. The zero-order valence-corrected chi connectivity index (χ0v) is 19.3. The fraction of sp³-hybridized carbons (Fsp3) is 0.292. The molecule has 0 fully saturated rings. The molecule has 31 heavy (non-hydrogen) atoms. The second-order valence-corrected chi connectivity index (χ2v) is 11.1. The Labute approximate surface area is 187 Å². The summed E-state index contributed by atoms with van der Waals surface area (Å²) in [5.74, 6) is 0.758. The first-order valence-electron chi connectivity index (χ1n) is 10.2. The van der Waals surface area contributed by atoms with Gasteiger partial charge in [0.2, 0.25) is 15.7 Å². The van der Waals surface area contributed by atoms with E-state index in [4.69, 9.17) is 4.74 Å². The van der Waals surface area contributed by atoms with Crippen LogP contribution < -0.4 is 10.1 Å². The molecule has 2 aromatic carbocycles. The van der Waals surface area contributed by atoms with Crippen molar-refractivity contribution in [3.8, 4) is 5.75 Å². The topological polar surface area (TPSA) is 72.5 Å². The largest absolute Gasteiger partial charge is 0.493 e. The number of benzene rings is 2. The molecule has 5 nitrogen and oxygen atoms in total. The van der Waals surface area contributed by atoms with E-state index >= 15 is 0 Å². The zero-order valence-electron chi connectivity index (χ0n) is 17.7. The van der Waals surface area contributed by atoms with Crippen molar-refractivity contribution in [2.24, 2.45) is 5.92 Å². The molecule has 2 heterocycles. The van der Waals surface area contributed by atoms with Crippen molar-refractivity contribution in [2.75, 3.05) is 11.9 Å². The van der Waals surface area contributed by atoms with Crippen molar-refractivity contribution in [2.45, 2.75) is 42.9 Å². The Bertz CT molecular complexity index is 1210. The molecule has 1 N–H and O–H groups in total. The number of hydrogen-bond acceptors (Lipinski definition) is 5. The van der Waals surface area contributed by atoms with E-state index in [0.29, 0.717) is 18.2 Å². The van der Waals surface area contributed by atoms with Crippen LogP contribution in [0.3, 0.4) is 0 Å². The lowest BCUT2D eigenvalue weighted by molar-refractivity contribution is -0.116. The van der Waals surface area contributed by atoms with E-state index in [2.05, 4.69) is 19.2 Å². The van der Waals surface area contributed by atoms with E-state index in [1.54, 1.807) is 29.6 Å². The maximum atomic E-state index is 13.3. The number of anilines is 1. The molecular weight excluding hydrogens is 430 g/mol. The van der Waals surface area contributed by atoms with Crippen LogP contribution in [0.1, 0.15) is 42.2 Å². The highest BCUT2D eigenvalue weighted by molar-refractivity contribution is 7.91. The molecule has 162 valence electrons. The Morgan fingerprint density at radius 1 is 1.16 bits per heavy atom. The molecule has 0 saturated carbocycles. The molecular formula is C24H25NO4S2. The summed E-state index contributed by atoms with van der Waals surface area (Å²) in [6.45, 7) is 6.69. The number of ether oxygens (including phenoxy) is 1. The Kier molecular flexibility index (Phi) is 5.90. The van der Waals surface area contributed by atoms with Gasteiger partial charge in [-0.15, -0.1) is 11.3 Å². The third-order valence-electron chi connectivity index (χ3n) is 5.22. The number of fused-ring (bicyclic) bond motifs is 1. The van der Waals surface area contributed by atoms with E-state index in [9.17, 15) is 13.2 Å². The van der Waals surface area contributed by atoms with Crippen molar-refractivity contribution in [3.05, 3.63) is 69.9 Å². The summed E-state index contributed by atoms with van der Waals surface area (Å²) in [6, 6.07) is 14.5. The fourth-order valence-electron chi connectivity index (χ4n) is 3.60. The second-order valence-electron chi connectivity index (χ2n) is 8.24. The molecule has 7 heteroatoms. The summed E-state index contributed by atoms with van der Waals surface area (Å²) >= 11 is 1.37. The van der Waals surface area contributed by atoms with Gasteiger partial charge in [0.05, 0.1) is 17.2 Å². The van der Waals surface area contributed by atoms with Crippen LogP contribution in [0.15, 0.2) is 63.7 Å². The SMILES string of the molecule is Cc1ccc(S(=O)(=O)c2csc3c2NC(=O)C[C@H]3c2cccc(OCC(C)C)c2)cc1. The number of hydrogen-bond donors (Lipinski definition) is 1. The molecule has 1 aromatic heterocycles. The van der Waals surface area contributed by atoms with E-state index in [1.807, 2.05) is 31.2 Å². The Morgan fingerprint density at radius 3 is 2.61 bits per heavy atom. The third-order valence-corrected chi connectivity index (χ3v) is 8.26. The number of amides is 1. The molecule has 0 bridgehead atoms. The maximum absolute atomic E-state index is 13.3. The van der Waals surface area contributed by atoms with Crippen LogP contribution >= 0.6 is 11.3 Å². The van der Waals surface area contributed by atoms with Gasteiger partial charge in [0.15, 0.2) is 0 Å². The Hall–Kier alpha value is -2.64. The van der Waals surface area contributed by atoms with Crippen LogP contribution in [-0.2, 0) is 14.6 Å². The van der Waals surface area contributed by atoms with Gasteiger partial charge >= 0.3 is 0 Å². The highest BCUT2D eigenvalue weighted by Gasteiger charge is 2.34. The van der Waals surface area contributed by atoms with E-state index in [-0.39, 0.29) is 28.0 Å². The molecule has 0 aliphatic carbocycles. The van der Waals surface area contributed by atoms with Gasteiger partial charge in [-0.2, -0.15) is 0 Å². The number of carbonyl (C=O) groups excluding carboxylic acids is 1. The predicted octanol–water partition coefficient (Wildman–Crippen LogP) is 5.40. The number of nitrogens with one attached hydrogen (secondary N) is 1. The van der Waals surface area contributed by atoms with E-state index in [0.717, 1.165) is 21.8 Å². The molecule has 1 atom stereocenters. The minimum absolute atomic E-state index is 0.154. The van der Waals surface area contributed by atoms with Crippen LogP contribution in [0.2, 0.25) is 0 Å². The molecule has 0 unspecified atom stereocenters. The maximum Gasteiger partial charge on any atom is 0.225 e. The summed E-state index contributed by atoms with van der Waals surface area (Å²) in [5, 5.41) is 4.45. The Balaban J connectivity index is 1.72. The normalized spacial score (nSPS) is 16.1. The van der Waals surface area contributed by atoms with Crippen molar-refractivity contribution in [3.63, 3.8) is 0 Å². The molecule has 1 aliphatic rings. The lowest BCUT2D eigenvalue weighted by Crippen LogP contribution is -2.23. The minimum atomic E-state index is -3.74. The van der Waals surface area contributed by atoms with Crippen LogP contribution in [0, 0.1) is 12.8 Å². The van der Waals surface area contributed by atoms with Gasteiger partial charge in [0.1, 0.15) is 10.6 Å². The summed E-state index contributed by atoms with van der Waals surface area (Å²) in [7, 11) is -3.74.